The Balaban J connectivity index is 0.00000261. The van der Waals surface area contributed by atoms with E-state index in [2.05, 4.69) is 4.98 Å². The first-order valence-electron chi connectivity index (χ1n) is 8.49. The Labute approximate surface area is 168 Å². The molecule has 0 saturated carbocycles. The van der Waals surface area contributed by atoms with Crippen LogP contribution in [0.4, 0.5) is 0 Å². The lowest BCUT2D eigenvalue weighted by Gasteiger charge is -2.34. The molecule has 1 fully saturated rings. The summed E-state index contributed by atoms with van der Waals surface area (Å²) in [6.45, 7) is 2.52. The third kappa shape index (κ3) is 4.97. The van der Waals surface area contributed by atoms with Crippen molar-refractivity contribution in [1.29, 1.82) is 0 Å². The number of nitrogens with two attached hydrogens (primary N) is 1. The van der Waals surface area contributed by atoms with E-state index < -0.39 is 0 Å². The molecule has 0 radical (unpaired) electrons. The highest BCUT2D eigenvalue weighted by Gasteiger charge is 2.26. The Morgan fingerprint density at radius 2 is 1.85 bits per heavy atom. The largest absolute Gasteiger partial charge is 0.497 e. The smallest absolute Gasteiger partial charge is 0.273 e. The molecule has 1 aromatic carbocycles. The zero-order chi connectivity index (χ0) is 18.5. The van der Waals surface area contributed by atoms with E-state index in [0.717, 1.165) is 5.01 Å². The number of thiazole rings is 1. The summed E-state index contributed by atoms with van der Waals surface area (Å²) in [5.41, 5.74) is 6.58. The van der Waals surface area contributed by atoms with Gasteiger partial charge in [-0.1, -0.05) is 6.07 Å². The third-order valence-corrected chi connectivity index (χ3v) is 5.21. The topological polar surface area (TPSA) is 88.8 Å². The van der Waals surface area contributed by atoms with Crippen LogP contribution in [0.5, 0.6) is 5.75 Å². The number of amides is 2. The van der Waals surface area contributed by atoms with Crippen LogP contribution < -0.4 is 10.5 Å². The van der Waals surface area contributed by atoms with Crippen molar-refractivity contribution in [3.8, 4) is 5.75 Å². The van der Waals surface area contributed by atoms with Gasteiger partial charge in [0, 0.05) is 43.5 Å². The molecule has 3 rings (SSSR count). The van der Waals surface area contributed by atoms with E-state index in [4.69, 9.17) is 10.5 Å². The second-order valence-corrected chi connectivity index (χ2v) is 6.92. The molecule has 1 saturated heterocycles. The van der Waals surface area contributed by atoms with E-state index in [9.17, 15) is 9.59 Å². The minimum atomic E-state index is -0.0852. The zero-order valence-corrected chi connectivity index (χ0v) is 16.7. The number of rotatable bonds is 5. The third-order valence-electron chi connectivity index (χ3n) is 4.30. The number of hydrogen-bond acceptors (Lipinski definition) is 6. The first-order valence-corrected chi connectivity index (χ1v) is 9.37. The molecule has 0 atom stereocenters. The average Bonchev–Trinajstić information content (AvgIpc) is 3.16. The van der Waals surface area contributed by atoms with Gasteiger partial charge >= 0.3 is 0 Å². The van der Waals surface area contributed by atoms with Gasteiger partial charge in [0.2, 0.25) is 0 Å². The maximum Gasteiger partial charge on any atom is 0.273 e. The molecule has 27 heavy (non-hydrogen) atoms. The SMILES string of the molecule is COc1cccc(C(=O)N2CCN(C(=O)c3csc(CCN)n3)CC2)c1.Cl. The zero-order valence-electron chi connectivity index (χ0n) is 15.1. The van der Waals surface area contributed by atoms with E-state index in [0.29, 0.717) is 56.2 Å². The number of nitrogens with zero attached hydrogens (tertiary/aromatic N) is 3. The van der Waals surface area contributed by atoms with E-state index in [1.807, 2.05) is 0 Å². The van der Waals surface area contributed by atoms with Crippen molar-refractivity contribution in [3.05, 3.63) is 45.9 Å². The molecule has 2 N–H and O–H groups in total. The van der Waals surface area contributed by atoms with Crippen LogP contribution in [0, 0.1) is 0 Å². The number of hydrogen-bond donors (Lipinski definition) is 1. The molecule has 1 aliphatic rings. The first kappa shape index (κ1) is 21.1. The number of aromatic nitrogens is 1. The quantitative estimate of drug-likeness (QED) is 0.809. The molecule has 0 bridgehead atoms. The molecule has 2 aromatic rings. The van der Waals surface area contributed by atoms with Crippen LogP contribution in [0.15, 0.2) is 29.6 Å². The highest BCUT2D eigenvalue weighted by Crippen LogP contribution is 2.17. The summed E-state index contributed by atoms with van der Waals surface area (Å²) < 4.78 is 5.17. The summed E-state index contributed by atoms with van der Waals surface area (Å²) in [4.78, 5) is 33.1. The number of piperazine rings is 1. The fraction of sp³-hybridized carbons (Fsp3) is 0.389. The number of benzene rings is 1. The van der Waals surface area contributed by atoms with Crippen LogP contribution >= 0.6 is 23.7 Å². The average molecular weight is 411 g/mol. The van der Waals surface area contributed by atoms with Gasteiger partial charge in [-0.05, 0) is 24.7 Å². The van der Waals surface area contributed by atoms with Gasteiger partial charge in [0.25, 0.3) is 11.8 Å². The molecule has 146 valence electrons. The number of ether oxygens (including phenoxy) is 1. The van der Waals surface area contributed by atoms with Gasteiger partial charge in [-0.3, -0.25) is 9.59 Å². The second-order valence-electron chi connectivity index (χ2n) is 5.98. The predicted octanol–water partition coefficient (Wildman–Crippen LogP) is 1.67. The van der Waals surface area contributed by atoms with E-state index in [1.165, 1.54) is 11.3 Å². The van der Waals surface area contributed by atoms with E-state index >= 15 is 0 Å². The Bertz CT molecular complexity index is 790. The Hall–Kier alpha value is -2.16. The molecular weight excluding hydrogens is 388 g/mol. The van der Waals surface area contributed by atoms with Gasteiger partial charge in [0.15, 0.2) is 0 Å². The van der Waals surface area contributed by atoms with Crippen molar-refractivity contribution in [3.63, 3.8) is 0 Å². The van der Waals surface area contributed by atoms with Crippen LogP contribution in [0.2, 0.25) is 0 Å². The minimum absolute atomic E-state index is 0. The van der Waals surface area contributed by atoms with Gasteiger partial charge in [0.1, 0.15) is 11.4 Å². The maximum atomic E-state index is 12.6. The van der Waals surface area contributed by atoms with E-state index in [-0.39, 0.29) is 24.2 Å². The van der Waals surface area contributed by atoms with Crippen molar-refractivity contribution in [2.45, 2.75) is 6.42 Å². The predicted molar refractivity (Wildman–Crippen MR) is 107 cm³/mol. The molecule has 2 heterocycles. The minimum Gasteiger partial charge on any atom is -0.497 e. The van der Waals surface area contributed by atoms with Crippen molar-refractivity contribution in [2.24, 2.45) is 5.73 Å². The van der Waals surface area contributed by atoms with E-state index in [1.54, 1.807) is 46.6 Å². The summed E-state index contributed by atoms with van der Waals surface area (Å²) in [6, 6.07) is 7.11. The molecule has 1 aromatic heterocycles. The normalized spacial score (nSPS) is 13.9. The van der Waals surface area contributed by atoms with Crippen LogP contribution in [-0.2, 0) is 6.42 Å². The molecule has 7 nitrogen and oxygen atoms in total. The van der Waals surface area contributed by atoms with Crippen molar-refractivity contribution >= 4 is 35.6 Å². The van der Waals surface area contributed by atoms with Crippen LogP contribution in [-0.4, -0.2) is 66.4 Å². The summed E-state index contributed by atoms with van der Waals surface area (Å²) in [6.07, 6.45) is 0.681. The van der Waals surface area contributed by atoms with Crippen LogP contribution in [0.3, 0.4) is 0 Å². The molecule has 2 amide bonds. The lowest BCUT2D eigenvalue weighted by atomic mass is 10.1. The number of halogens is 1. The standard InChI is InChI=1S/C18H22N4O3S.ClH/c1-25-14-4-2-3-13(11-14)17(23)21-7-9-22(10-8-21)18(24)15-12-26-16(20-15)5-6-19;/h2-4,11-12H,5-10,19H2,1H3;1H. The van der Waals surface area contributed by atoms with Crippen molar-refractivity contribution in [1.82, 2.24) is 14.8 Å². The first-order chi connectivity index (χ1) is 12.6. The van der Waals surface area contributed by atoms with Crippen LogP contribution in [0.1, 0.15) is 25.9 Å². The second kappa shape index (κ2) is 9.68. The summed E-state index contributed by atoms with van der Waals surface area (Å²) >= 11 is 1.46. The fourth-order valence-electron chi connectivity index (χ4n) is 2.86. The molecule has 1 aliphatic heterocycles. The maximum absolute atomic E-state index is 12.6. The highest BCUT2D eigenvalue weighted by atomic mass is 35.5. The summed E-state index contributed by atoms with van der Waals surface area (Å²) in [5, 5.41) is 2.66. The van der Waals surface area contributed by atoms with Crippen molar-refractivity contribution in [2.75, 3.05) is 39.8 Å². The number of carbonyl (C=O) groups is 2. The lowest BCUT2D eigenvalue weighted by Crippen LogP contribution is -2.50. The molecule has 0 aliphatic carbocycles. The Morgan fingerprint density at radius 3 is 2.48 bits per heavy atom. The van der Waals surface area contributed by atoms with Gasteiger partial charge in [-0.15, -0.1) is 23.7 Å². The fourth-order valence-corrected chi connectivity index (χ4v) is 3.65. The number of methoxy groups -OCH3 is 1. The van der Waals surface area contributed by atoms with Gasteiger partial charge in [-0.25, -0.2) is 4.98 Å². The summed E-state index contributed by atoms with van der Waals surface area (Å²) in [7, 11) is 1.57. The number of carbonyl (C=O) groups excluding carboxylic acids is 2. The Morgan fingerprint density at radius 1 is 1.19 bits per heavy atom. The molecule has 9 heteroatoms. The van der Waals surface area contributed by atoms with Gasteiger partial charge in [-0.2, -0.15) is 0 Å². The summed E-state index contributed by atoms with van der Waals surface area (Å²) in [5.74, 6) is 0.523. The lowest BCUT2D eigenvalue weighted by molar-refractivity contribution is 0.0532. The molecule has 0 unspecified atom stereocenters. The highest BCUT2D eigenvalue weighted by molar-refractivity contribution is 7.09. The van der Waals surface area contributed by atoms with Gasteiger partial charge in [0.05, 0.1) is 12.1 Å². The van der Waals surface area contributed by atoms with Crippen molar-refractivity contribution < 1.29 is 14.3 Å². The van der Waals surface area contributed by atoms with Crippen LogP contribution in [0.25, 0.3) is 0 Å². The van der Waals surface area contributed by atoms with Gasteiger partial charge < -0.3 is 20.3 Å². The monoisotopic (exact) mass is 410 g/mol. The molecular formula is C18H23ClN4O3S. The Kier molecular flexibility index (Phi) is 7.58. The molecule has 0 spiro atoms.